The van der Waals surface area contributed by atoms with Crippen LogP contribution in [0.25, 0.3) is 10.9 Å². The number of benzene rings is 1. The van der Waals surface area contributed by atoms with Gasteiger partial charge in [0.25, 0.3) is 5.91 Å². The van der Waals surface area contributed by atoms with Crippen molar-refractivity contribution in [1.29, 1.82) is 0 Å². The van der Waals surface area contributed by atoms with E-state index in [-0.39, 0.29) is 5.91 Å². The first-order valence-corrected chi connectivity index (χ1v) is 6.10. The summed E-state index contributed by atoms with van der Waals surface area (Å²) in [5, 5.41) is 4.10. The molecule has 2 aromatic heterocycles. The third-order valence-corrected chi connectivity index (χ3v) is 3.19. The van der Waals surface area contributed by atoms with Crippen LogP contribution in [0.3, 0.4) is 0 Å². The number of amides is 1. The number of anilines is 1. The maximum atomic E-state index is 12.3. The number of pyridine rings is 1. The third kappa shape index (κ3) is 2.18. The SMILES string of the molecule is O=C(Nc1cnccc1Cl)c1cccc2[nH]ccc12. The first-order chi connectivity index (χ1) is 9.25. The molecule has 2 heterocycles. The van der Waals surface area contributed by atoms with Crippen molar-refractivity contribution in [2.45, 2.75) is 0 Å². The summed E-state index contributed by atoms with van der Waals surface area (Å²) in [6.45, 7) is 0. The van der Waals surface area contributed by atoms with Crippen LogP contribution in [0.4, 0.5) is 5.69 Å². The Morgan fingerprint density at radius 3 is 3.00 bits per heavy atom. The molecule has 3 rings (SSSR count). The van der Waals surface area contributed by atoms with Crippen LogP contribution in [0.2, 0.25) is 5.02 Å². The molecule has 0 saturated carbocycles. The highest BCUT2D eigenvalue weighted by Gasteiger charge is 2.12. The second-order valence-electron chi connectivity index (χ2n) is 4.05. The van der Waals surface area contributed by atoms with Gasteiger partial charge in [-0.3, -0.25) is 9.78 Å². The summed E-state index contributed by atoms with van der Waals surface area (Å²) < 4.78 is 0. The molecule has 3 aromatic rings. The molecule has 0 atom stereocenters. The molecule has 0 aliphatic carbocycles. The molecule has 5 heteroatoms. The molecule has 0 bridgehead atoms. The average Bonchev–Trinajstić information content (AvgIpc) is 2.89. The van der Waals surface area contributed by atoms with Crippen molar-refractivity contribution in [1.82, 2.24) is 9.97 Å². The van der Waals surface area contributed by atoms with E-state index in [4.69, 9.17) is 11.6 Å². The van der Waals surface area contributed by atoms with E-state index in [1.54, 1.807) is 24.5 Å². The van der Waals surface area contributed by atoms with Gasteiger partial charge in [0.2, 0.25) is 0 Å². The molecule has 0 fully saturated rings. The van der Waals surface area contributed by atoms with Gasteiger partial charge >= 0.3 is 0 Å². The van der Waals surface area contributed by atoms with E-state index in [9.17, 15) is 4.79 Å². The quantitative estimate of drug-likeness (QED) is 0.750. The van der Waals surface area contributed by atoms with Gasteiger partial charge < -0.3 is 10.3 Å². The third-order valence-electron chi connectivity index (χ3n) is 2.86. The van der Waals surface area contributed by atoms with Crippen molar-refractivity contribution in [2.24, 2.45) is 0 Å². The van der Waals surface area contributed by atoms with Gasteiger partial charge in [-0.2, -0.15) is 0 Å². The molecule has 0 spiro atoms. The minimum atomic E-state index is -0.208. The first-order valence-electron chi connectivity index (χ1n) is 5.72. The molecule has 4 nitrogen and oxygen atoms in total. The number of hydrogen-bond donors (Lipinski definition) is 2. The van der Waals surface area contributed by atoms with E-state index in [1.165, 1.54) is 6.20 Å². The number of fused-ring (bicyclic) bond motifs is 1. The molecule has 0 saturated heterocycles. The number of aromatic amines is 1. The molecule has 0 aliphatic heterocycles. The Morgan fingerprint density at radius 1 is 1.26 bits per heavy atom. The molecular weight excluding hydrogens is 262 g/mol. The van der Waals surface area contributed by atoms with Crippen molar-refractivity contribution in [3.63, 3.8) is 0 Å². The molecule has 0 unspecified atom stereocenters. The normalized spacial score (nSPS) is 10.6. The number of carbonyl (C=O) groups excluding carboxylic acids is 1. The second kappa shape index (κ2) is 4.74. The number of carbonyl (C=O) groups is 1. The lowest BCUT2D eigenvalue weighted by Crippen LogP contribution is -2.12. The topological polar surface area (TPSA) is 57.8 Å². The maximum absolute atomic E-state index is 12.3. The Balaban J connectivity index is 1.97. The van der Waals surface area contributed by atoms with Crippen LogP contribution in [0.1, 0.15) is 10.4 Å². The smallest absolute Gasteiger partial charge is 0.256 e. The fourth-order valence-electron chi connectivity index (χ4n) is 1.94. The monoisotopic (exact) mass is 271 g/mol. The van der Waals surface area contributed by atoms with Gasteiger partial charge in [-0.25, -0.2) is 0 Å². The van der Waals surface area contributed by atoms with Crippen molar-refractivity contribution >= 4 is 34.1 Å². The van der Waals surface area contributed by atoms with Crippen molar-refractivity contribution < 1.29 is 4.79 Å². The van der Waals surface area contributed by atoms with Gasteiger partial charge in [0.05, 0.1) is 16.9 Å². The highest BCUT2D eigenvalue weighted by molar-refractivity contribution is 6.34. The summed E-state index contributed by atoms with van der Waals surface area (Å²) in [6.07, 6.45) is 4.90. The number of aromatic nitrogens is 2. The van der Waals surface area contributed by atoms with E-state index in [0.29, 0.717) is 16.3 Å². The van der Waals surface area contributed by atoms with Crippen molar-refractivity contribution in [3.8, 4) is 0 Å². The van der Waals surface area contributed by atoms with Gasteiger partial charge in [-0.15, -0.1) is 0 Å². The Hall–Kier alpha value is -2.33. The molecule has 1 aromatic carbocycles. The van der Waals surface area contributed by atoms with Gasteiger partial charge in [0.15, 0.2) is 0 Å². The van der Waals surface area contributed by atoms with Crippen molar-refractivity contribution in [3.05, 3.63) is 59.5 Å². The summed E-state index contributed by atoms with van der Waals surface area (Å²) in [5.41, 5.74) is 2.02. The lowest BCUT2D eigenvalue weighted by molar-refractivity contribution is 0.102. The predicted molar refractivity (Wildman–Crippen MR) is 75.5 cm³/mol. The molecule has 0 radical (unpaired) electrons. The van der Waals surface area contributed by atoms with Crippen LogP contribution in [0.5, 0.6) is 0 Å². The molecular formula is C14H10ClN3O. The lowest BCUT2D eigenvalue weighted by atomic mass is 10.1. The highest BCUT2D eigenvalue weighted by Crippen LogP contribution is 2.22. The van der Waals surface area contributed by atoms with Crippen LogP contribution in [0.15, 0.2) is 48.9 Å². The minimum absolute atomic E-state index is 0.208. The van der Waals surface area contributed by atoms with E-state index >= 15 is 0 Å². The number of halogens is 1. The summed E-state index contributed by atoms with van der Waals surface area (Å²) in [5.74, 6) is -0.208. The van der Waals surface area contributed by atoms with E-state index in [2.05, 4.69) is 15.3 Å². The Morgan fingerprint density at radius 2 is 2.16 bits per heavy atom. The van der Waals surface area contributed by atoms with Crippen LogP contribution in [0, 0.1) is 0 Å². The molecule has 2 N–H and O–H groups in total. The number of nitrogens with one attached hydrogen (secondary N) is 2. The molecule has 94 valence electrons. The number of nitrogens with zero attached hydrogens (tertiary/aromatic N) is 1. The molecule has 1 amide bonds. The summed E-state index contributed by atoms with van der Waals surface area (Å²) in [7, 11) is 0. The number of rotatable bonds is 2. The lowest BCUT2D eigenvalue weighted by Gasteiger charge is -2.07. The largest absolute Gasteiger partial charge is 0.361 e. The van der Waals surface area contributed by atoms with Crippen molar-refractivity contribution in [2.75, 3.05) is 5.32 Å². The zero-order valence-electron chi connectivity index (χ0n) is 9.85. The first kappa shape index (κ1) is 11.7. The van der Waals surface area contributed by atoms with Crippen LogP contribution in [-0.4, -0.2) is 15.9 Å². The minimum Gasteiger partial charge on any atom is -0.361 e. The summed E-state index contributed by atoms with van der Waals surface area (Å²) >= 11 is 5.99. The summed E-state index contributed by atoms with van der Waals surface area (Å²) in [4.78, 5) is 19.3. The zero-order valence-corrected chi connectivity index (χ0v) is 10.6. The zero-order chi connectivity index (χ0) is 13.2. The maximum Gasteiger partial charge on any atom is 0.256 e. The van der Waals surface area contributed by atoms with E-state index < -0.39 is 0 Å². The Kier molecular flexibility index (Phi) is 2.93. The number of hydrogen-bond acceptors (Lipinski definition) is 2. The van der Waals surface area contributed by atoms with Crippen LogP contribution in [-0.2, 0) is 0 Å². The standard InChI is InChI=1S/C14H10ClN3O/c15-11-5-6-16-8-13(11)18-14(19)10-2-1-3-12-9(10)4-7-17-12/h1-8,17H,(H,18,19). The Bertz CT molecular complexity index is 751. The predicted octanol–water partition coefficient (Wildman–Crippen LogP) is 3.47. The molecule has 0 aliphatic rings. The molecule has 19 heavy (non-hydrogen) atoms. The van der Waals surface area contributed by atoms with Crippen LogP contribution >= 0.6 is 11.6 Å². The number of H-pyrrole nitrogens is 1. The Labute approximate surface area is 114 Å². The van der Waals surface area contributed by atoms with Gasteiger partial charge in [0, 0.05) is 28.9 Å². The van der Waals surface area contributed by atoms with E-state index in [1.807, 2.05) is 18.2 Å². The van der Waals surface area contributed by atoms with Gasteiger partial charge in [-0.05, 0) is 24.3 Å². The fourth-order valence-corrected chi connectivity index (χ4v) is 2.09. The highest BCUT2D eigenvalue weighted by atomic mass is 35.5. The second-order valence-corrected chi connectivity index (χ2v) is 4.46. The van der Waals surface area contributed by atoms with Gasteiger partial charge in [-0.1, -0.05) is 17.7 Å². The van der Waals surface area contributed by atoms with Crippen LogP contribution < -0.4 is 5.32 Å². The summed E-state index contributed by atoms with van der Waals surface area (Å²) in [6, 6.07) is 9.03. The van der Waals surface area contributed by atoms with E-state index in [0.717, 1.165) is 10.9 Å². The van der Waals surface area contributed by atoms with Gasteiger partial charge in [0.1, 0.15) is 0 Å². The average molecular weight is 272 g/mol. The fraction of sp³-hybridized carbons (Fsp3) is 0.